The van der Waals surface area contributed by atoms with E-state index in [1.165, 1.54) is 12.1 Å². The number of nitrogen functional groups attached to an aromatic ring is 1. The van der Waals surface area contributed by atoms with Crippen molar-refractivity contribution in [1.29, 1.82) is 0 Å². The number of nitrogens with two attached hydrogens (primary N) is 1. The van der Waals surface area contributed by atoms with Gasteiger partial charge in [0, 0.05) is 26.1 Å². The first-order valence-corrected chi connectivity index (χ1v) is 14.3. The van der Waals surface area contributed by atoms with Crippen molar-refractivity contribution < 1.29 is 17.9 Å². The van der Waals surface area contributed by atoms with Crippen LogP contribution >= 0.6 is 0 Å². The number of fused-ring (bicyclic) bond motifs is 1. The molecule has 0 aliphatic heterocycles. The summed E-state index contributed by atoms with van der Waals surface area (Å²) in [5.41, 5.74) is 10.0. The Morgan fingerprint density at radius 1 is 1.00 bits per heavy atom. The van der Waals surface area contributed by atoms with E-state index in [0.29, 0.717) is 42.2 Å². The van der Waals surface area contributed by atoms with Gasteiger partial charge in [0.05, 0.1) is 17.8 Å². The number of rotatable bonds is 12. The van der Waals surface area contributed by atoms with Gasteiger partial charge in [0.25, 0.3) is 0 Å². The highest BCUT2D eigenvalue weighted by molar-refractivity contribution is 7.89. The fourth-order valence-electron chi connectivity index (χ4n) is 3.86. The Morgan fingerprint density at radius 3 is 2.41 bits per heavy atom. The minimum Gasteiger partial charge on any atom is -0.450 e. The normalized spacial score (nSPS) is 11.5. The lowest BCUT2D eigenvalue weighted by Crippen LogP contribution is -2.25. The van der Waals surface area contributed by atoms with Crippen LogP contribution in [0, 0.1) is 6.92 Å². The Hall–Kier alpha value is -4.03. The second kappa shape index (κ2) is 12.7. The number of alkyl carbamates (subject to hydrolysis) is 1. The maximum Gasteiger partial charge on any atom is 0.407 e. The minimum atomic E-state index is -3.65. The predicted molar refractivity (Wildman–Crippen MR) is 148 cm³/mol. The van der Waals surface area contributed by atoms with E-state index in [1.807, 2.05) is 42.7 Å². The minimum absolute atomic E-state index is 0.159. The van der Waals surface area contributed by atoms with Crippen molar-refractivity contribution in [2.75, 3.05) is 12.3 Å². The largest absolute Gasteiger partial charge is 0.450 e. The van der Waals surface area contributed by atoms with Gasteiger partial charge in [-0.2, -0.15) is 0 Å². The molecule has 1 amide bonds. The zero-order valence-electron chi connectivity index (χ0n) is 22.1. The lowest BCUT2D eigenvalue weighted by Gasteiger charge is -2.10. The maximum atomic E-state index is 12.6. The summed E-state index contributed by atoms with van der Waals surface area (Å²) in [7, 11) is -3.65. The van der Waals surface area contributed by atoms with E-state index in [9.17, 15) is 13.2 Å². The lowest BCUT2D eigenvalue weighted by atomic mass is 10.2. The molecule has 0 bridgehead atoms. The van der Waals surface area contributed by atoms with Crippen LogP contribution in [-0.2, 0) is 40.8 Å². The molecule has 0 radical (unpaired) electrons. The van der Waals surface area contributed by atoms with Gasteiger partial charge in [0.2, 0.25) is 10.0 Å². The topological polar surface area (TPSA) is 154 Å². The lowest BCUT2D eigenvalue weighted by molar-refractivity contribution is 0.143. The molecule has 2 aromatic heterocycles. The number of carbonyl (C=O) groups excluding carboxylic acids is 1. The van der Waals surface area contributed by atoms with Crippen LogP contribution in [-0.4, -0.2) is 40.6 Å². The number of nitrogens with zero attached hydrogens (tertiary/aromatic N) is 4. The van der Waals surface area contributed by atoms with E-state index >= 15 is 0 Å². The van der Waals surface area contributed by atoms with Gasteiger partial charge in [-0.1, -0.05) is 48.9 Å². The van der Waals surface area contributed by atoms with Crippen molar-refractivity contribution in [3.05, 3.63) is 77.4 Å². The van der Waals surface area contributed by atoms with Crippen molar-refractivity contribution in [1.82, 2.24) is 29.6 Å². The van der Waals surface area contributed by atoms with Crippen molar-refractivity contribution in [3.8, 4) is 0 Å². The van der Waals surface area contributed by atoms with E-state index in [1.54, 1.807) is 18.5 Å². The molecule has 0 spiro atoms. The summed E-state index contributed by atoms with van der Waals surface area (Å²) in [6, 6.07) is 14.0. The number of carbonyl (C=O) groups is 1. The third-order valence-electron chi connectivity index (χ3n) is 6.14. The average Bonchev–Trinajstić information content (AvgIpc) is 3.35. The third-order valence-corrected chi connectivity index (χ3v) is 7.55. The molecule has 2 heterocycles. The molecule has 4 N–H and O–H groups in total. The van der Waals surface area contributed by atoms with Crippen LogP contribution < -0.4 is 15.8 Å². The van der Waals surface area contributed by atoms with Crippen LogP contribution in [0.3, 0.4) is 0 Å². The smallest absolute Gasteiger partial charge is 0.407 e. The molecule has 0 aliphatic rings. The number of anilines is 1. The summed E-state index contributed by atoms with van der Waals surface area (Å²) in [5, 5.41) is 2.68. The first kappa shape index (κ1) is 28.0. The number of aromatic nitrogens is 4. The van der Waals surface area contributed by atoms with E-state index in [2.05, 4.69) is 25.0 Å². The van der Waals surface area contributed by atoms with Crippen LogP contribution in [0.5, 0.6) is 0 Å². The van der Waals surface area contributed by atoms with Gasteiger partial charge in [0.1, 0.15) is 11.3 Å². The van der Waals surface area contributed by atoms with E-state index in [0.717, 1.165) is 23.1 Å². The maximum absolute atomic E-state index is 12.6. The highest BCUT2D eigenvalue weighted by Crippen LogP contribution is 2.17. The van der Waals surface area contributed by atoms with Crippen molar-refractivity contribution >= 4 is 33.1 Å². The standard InChI is InChI=1S/C27H33N7O4S/c1-3-23-32-25(28)24-26(33-23)34(18-30-24)14-4-5-15-38-27(35)29-16-20-10-12-22(13-11-20)39(36,37)31-17-21-8-6-19(2)7-9-21/h6-13,18,31H,3-5,14-17H2,1-2H3,(H,29,35)(H2,28,32,33). The summed E-state index contributed by atoms with van der Waals surface area (Å²) in [6.45, 7) is 5.30. The third kappa shape index (κ3) is 7.52. The fraction of sp³-hybridized carbons (Fsp3) is 0.333. The summed E-state index contributed by atoms with van der Waals surface area (Å²) in [4.78, 5) is 25.3. The van der Waals surface area contributed by atoms with Gasteiger partial charge in [-0.05, 0) is 43.0 Å². The molecule has 0 atom stereocenters. The van der Waals surface area contributed by atoms with Gasteiger partial charge in [-0.15, -0.1) is 0 Å². The number of hydrogen-bond acceptors (Lipinski definition) is 8. The number of sulfonamides is 1. The number of amides is 1. The molecule has 0 aliphatic carbocycles. The number of aryl methyl sites for hydroxylation is 3. The summed E-state index contributed by atoms with van der Waals surface area (Å²) in [6.07, 6.45) is 3.27. The van der Waals surface area contributed by atoms with E-state index in [4.69, 9.17) is 10.5 Å². The van der Waals surface area contributed by atoms with Crippen LogP contribution in [0.1, 0.15) is 42.3 Å². The Kier molecular flexibility index (Phi) is 9.10. The van der Waals surface area contributed by atoms with E-state index in [-0.39, 0.29) is 24.6 Å². The predicted octanol–water partition coefficient (Wildman–Crippen LogP) is 3.46. The Balaban J connectivity index is 1.17. The van der Waals surface area contributed by atoms with Crippen LogP contribution in [0.25, 0.3) is 11.2 Å². The number of hydrogen-bond donors (Lipinski definition) is 3. The molecule has 2 aromatic carbocycles. The fourth-order valence-corrected chi connectivity index (χ4v) is 4.88. The molecule has 11 nitrogen and oxygen atoms in total. The zero-order chi connectivity index (χ0) is 27.8. The summed E-state index contributed by atoms with van der Waals surface area (Å²) in [5.74, 6) is 1.05. The number of ether oxygens (including phenoxy) is 1. The van der Waals surface area contributed by atoms with Crippen LogP contribution in [0.4, 0.5) is 10.6 Å². The van der Waals surface area contributed by atoms with Crippen LogP contribution in [0.2, 0.25) is 0 Å². The first-order chi connectivity index (χ1) is 18.7. The van der Waals surface area contributed by atoms with Gasteiger partial charge in [0.15, 0.2) is 11.5 Å². The van der Waals surface area contributed by atoms with Gasteiger partial charge in [-0.25, -0.2) is 32.9 Å². The van der Waals surface area contributed by atoms with Gasteiger partial charge in [-0.3, -0.25) is 0 Å². The molecular formula is C27H33N7O4S. The quantitative estimate of drug-likeness (QED) is 0.226. The number of unbranched alkanes of at least 4 members (excludes halogenated alkanes) is 1. The second-order valence-electron chi connectivity index (χ2n) is 9.14. The van der Waals surface area contributed by atoms with Gasteiger partial charge < -0.3 is 20.4 Å². The molecule has 0 saturated heterocycles. The SMILES string of the molecule is CCc1nc(N)c2ncn(CCCCOC(=O)NCc3ccc(S(=O)(=O)NCc4ccc(C)cc4)cc3)c2n1. The first-order valence-electron chi connectivity index (χ1n) is 12.8. The molecule has 4 rings (SSSR count). The Morgan fingerprint density at radius 2 is 1.69 bits per heavy atom. The van der Waals surface area contributed by atoms with E-state index < -0.39 is 16.1 Å². The molecule has 39 heavy (non-hydrogen) atoms. The molecule has 0 fully saturated rings. The highest BCUT2D eigenvalue weighted by Gasteiger charge is 2.14. The van der Waals surface area contributed by atoms with Crippen LogP contribution in [0.15, 0.2) is 59.8 Å². The molecule has 0 saturated carbocycles. The molecular weight excluding hydrogens is 518 g/mol. The zero-order valence-corrected chi connectivity index (χ0v) is 22.9. The molecule has 206 valence electrons. The average molecular weight is 552 g/mol. The summed E-state index contributed by atoms with van der Waals surface area (Å²) >= 11 is 0. The molecule has 4 aromatic rings. The second-order valence-corrected chi connectivity index (χ2v) is 10.9. The van der Waals surface area contributed by atoms with Crippen molar-refractivity contribution in [2.24, 2.45) is 0 Å². The highest BCUT2D eigenvalue weighted by atomic mass is 32.2. The Bertz CT molecular complexity index is 1520. The summed E-state index contributed by atoms with van der Waals surface area (Å²) < 4.78 is 35.0. The van der Waals surface area contributed by atoms with Crippen molar-refractivity contribution in [3.63, 3.8) is 0 Å². The Labute approximate surface area is 227 Å². The monoisotopic (exact) mass is 551 g/mol. The number of benzene rings is 2. The number of imidazole rings is 1. The van der Waals surface area contributed by atoms with Gasteiger partial charge >= 0.3 is 6.09 Å². The molecule has 0 unspecified atom stereocenters. The van der Waals surface area contributed by atoms with Crippen molar-refractivity contribution in [2.45, 2.75) is 57.6 Å². The molecule has 12 heteroatoms. The number of nitrogens with one attached hydrogen (secondary N) is 2.